The van der Waals surface area contributed by atoms with Gasteiger partial charge in [0.2, 0.25) is 0 Å². The summed E-state index contributed by atoms with van der Waals surface area (Å²) in [7, 11) is 1.75. The zero-order chi connectivity index (χ0) is 14.9. The van der Waals surface area contributed by atoms with E-state index in [1.165, 1.54) is 5.56 Å². The standard InChI is InChI=1S/C16H21N5/c1-3-9-18-16(17-2)19-10-15-11-20-21(13-15)12-14-7-5-4-6-8-14/h3-8,11,13H,1,9-10,12H2,2H3,(H2,17,18,19). The number of nitrogens with one attached hydrogen (secondary N) is 2. The van der Waals surface area contributed by atoms with Crippen LogP contribution in [-0.2, 0) is 13.1 Å². The van der Waals surface area contributed by atoms with Gasteiger partial charge in [-0.2, -0.15) is 5.10 Å². The lowest BCUT2D eigenvalue weighted by Crippen LogP contribution is -2.36. The molecule has 1 aromatic carbocycles. The monoisotopic (exact) mass is 283 g/mol. The van der Waals surface area contributed by atoms with Crippen molar-refractivity contribution in [3.05, 3.63) is 66.5 Å². The molecule has 0 aliphatic heterocycles. The van der Waals surface area contributed by atoms with Crippen LogP contribution < -0.4 is 10.6 Å². The quantitative estimate of drug-likeness (QED) is 0.483. The van der Waals surface area contributed by atoms with Crippen molar-refractivity contribution < 1.29 is 0 Å². The largest absolute Gasteiger partial charge is 0.353 e. The molecule has 0 bridgehead atoms. The van der Waals surface area contributed by atoms with Crippen molar-refractivity contribution >= 4 is 5.96 Å². The Morgan fingerprint density at radius 3 is 2.81 bits per heavy atom. The summed E-state index contributed by atoms with van der Waals surface area (Å²) in [5, 5.41) is 10.7. The van der Waals surface area contributed by atoms with Crippen LogP contribution in [0.5, 0.6) is 0 Å². The van der Waals surface area contributed by atoms with E-state index in [4.69, 9.17) is 0 Å². The Kier molecular flexibility index (Phi) is 5.58. The van der Waals surface area contributed by atoms with Crippen molar-refractivity contribution in [2.75, 3.05) is 13.6 Å². The molecule has 5 heteroatoms. The van der Waals surface area contributed by atoms with Crippen molar-refractivity contribution in [2.45, 2.75) is 13.1 Å². The highest BCUT2D eigenvalue weighted by Gasteiger charge is 2.01. The van der Waals surface area contributed by atoms with Crippen molar-refractivity contribution in [3.63, 3.8) is 0 Å². The molecule has 0 amide bonds. The minimum Gasteiger partial charge on any atom is -0.353 e. The molecule has 5 nitrogen and oxygen atoms in total. The van der Waals surface area contributed by atoms with Crippen LogP contribution in [0.15, 0.2) is 60.4 Å². The van der Waals surface area contributed by atoms with Crippen LogP contribution in [0.1, 0.15) is 11.1 Å². The molecule has 0 saturated carbocycles. The molecule has 110 valence electrons. The molecule has 2 aromatic rings. The van der Waals surface area contributed by atoms with Gasteiger partial charge in [0.1, 0.15) is 0 Å². The molecule has 0 radical (unpaired) electrons. The van der Waals surface area contributed by atoms with Crippen molar-refractivity contribution in [3.8, 4) is 0 Å². The summed E-state index contributed by atoms with van der Waals surface area (Å²) in [5.41, 5.74) is 2.36. The number of rotatable bonds is 6. The van der Waals surface area contributed by atoms with Crippen molar-refractivity contribution in [1.29, 1.82) is 0 Å². The Hall–Kier alpha value is -2.56. The van der Waals surface area contributed by atoms with E-state index >= 15 is 0 Å². The summed E-state index contributed by atoms with van der Waals surface area (Å²) >= 11 is 0. The van der Waals surface area contributed by atoms with Gasteiger partial charge in [0.05, 0.1) is 12.7 Å². The average Bonchev–Trinajstić information content (AvgIpc) is 2.96. The van der Waals surface area contributed by atoms with E-state index < -0.39 is 0 Å². The van der Waals surface area contributed by atoms with Gasteiger partial charge in [-0.25, -0.2) is 0 Å². The Bertz CT molecular complexity index is 586. The number of benzene rings is 1. The topological polar surface area (TPSA) is 54.2 Å². The summed E-state index contributed by atoms with van der Waals surface area (Å²) in [6.07, 6.45) is 5.71. The molecular weight excluding hydrogens is 262 g/mol. The highest BCUT2D eigenvalue weighted by Crippen LogP contribution is 2.03. The fourth-order valence-electron chi connectivity index (χ4n) is 1.93. The first-order chi connectivity index (χ1) is 10.3. The maximum Gasteiger partial charge on any atom is 0.191 e. The van der Waals surface area contributed by atoms with Crippen LogP contribution in [0.4, 0.5) is 0 Å². The second kappa shape index (κ2) is 7.89. The van der Waals surface area contributed by atoms with E-state index in [-0.39, 0.29) is 0 Å². The summed E-state index contributed by atoms with van der Waals surface area (Å²) in [4.78, 5) is 4.13. The predicted octanol–water partition coefficient (Wildman–Crippen LogP) is 1.78. The number of guanidine groups is 1. The van der Waals surface area contributed by atoms with E-state index in [1.54, 1.807) is 13.1 Å². The van der Waals surface area contributed by atoms with Gasteiger partial charge in [0.15, 0.2) is 5.96 Å². The highest BCUT2D eigenvalue weighted by molar-refractivity contribution is 5.79. The SMILES string of the molecule is C=CCNC(=NC)NCc1cnn(Cc2ccccc2)c1. The Morgan fingerprint density at radius 1 is 1.29 bits per heavy atom. The minimum absolute atomic E-state index is 0.686. The van der Waals surface area contributed by atoms with Crippen LogP contribution in [-0.4, -0.2) is 29.3 Å². The van der Waals surface area contributed by atoms with Crippen LogP contribution in [0.25, 0.3) is 0 Å². The summed E-state index contributed by atoms with van der Waals surface area (Å²) in [6, 6.07) is 10.3. The summed E-state index contributed by atoms with van der Waals surface area (Å²) < 4.78 is 1.94. The average molecular weight is 283 g/mol. The lowest BCUT2D eigenvalue weighted by atomic mass is 10.2. The van der Waals surface area contributed by atoms with E-state index in [1.807, 2.05) is 35.3 Å². The molecule has 0 unspecified atom stereocenters. The first-order valence-corrected chi connectivity index (χ1v) is 6.92. The van der Waals surface area contributed by atoms with Crippen LogP contribution in [0.2, 0.25) is 0 Å². The van der Waals surface area contributed by atoms with Crippen LogP contribution in [0.3, 0.4) is 0 Å². The van der Waals surface area contributed by atoms with Crippen LogP contribution in [0, 0.1) is 0 Å². The van der Waals surface area contributed by atoms with Gasteiger partial charge in [0.25, 0.3) is 0 Å². The number of hydrogen-bond acceptors (Lipinski definition) is 2. The van der Waals surface area contributed by atoms with Gasteiger partial charge in [-0.1, -0.05) is 36.4 Å². The number of hydrogen-bond donors (Lipinski definition) is 2. The lowest BCUT2D eigenvalue weighted by molar-refractivity contribution is 0.685. The number of aromatic nitrogens is 2. The second-order valence-corrected chi connectivity index (χ2v) is 4.63. The van der Waals surface area contributed by atoms with Crippen molar-refractivity contribution in [2.24, 2.45) is 4.99 Å². The fraction of sp³-hybridized carbons (Fsp3) is 0.250. The molecule has 1 heterocycles. The number of aliphatic imine (C=N–C) groups is 1. The minimum atomic E-state index is 0.686. The third-order valence-electron chi connectivity index (χ3n) is 2.97. The van der Waals surface area contributed by atoms with Gasteiger partial charge in [-0.3, -0.25) is 9.67 Å². The zero-order valence-electron chi connectivity index (χ0n) is 12.3. The molecule has 21 heavy (non-hydrogen) atoms. The highest BCUT2D eigenvalue weighted by atomic mass is 15.3. The van der Waals surface area contributed by atoms with E-state index in [0.717, 1.165) is 18.1 Å². The first kappa shape index (κ1) is 14.8. The molecule has 0 aliphatic rings. The second-order valence-electron chi connectivity index (χ2n) is 4.63. The fourth-order valence-corrected chi connectivity index (χ4v) is 1.93. The molecule has 0 spiro atoms. The molecule has 2 rings (SSSR count). The van der Waals surface area contributed by atoms with Gasteiger partial charge in [-0.15, -0.1) is 6.58 Å². The molecule has 0 atom stereocenters. The van der Waals surface area contributed by atoms with Gasteiger partial charge in [0, 0.05) is 31.9 Å². The third-order valence-corrected chi connectivity index (χ3v) is 2.97. The maximum atomic E-state index is 4.38. The van der Waals surface area contributed by atoms with E-state index in [9.17, 15) is 0 Å². The molecular formula is C16H21N5. The maximum absolute atomic E-state index is 4.38. The van der Waals surface area contributed by atoms with Gasteiger partial charge < -0.3 is 10.6 Å². The predicted molar refractivity (Wildman–Crippen MR) is 86.2 cm³/mol. The number of nitrogens with zero attached hydrogens (tertiary/aromatic N) is 3. The van der Waals surface area contributed by atoms with Crippen LogP contribution >= 0.6 is 0 Å². The Morgan fingerprint density at radius 2 is 2.10 bits per heavy atom. The molecule has 1 aromatic heterocycles. The summed E-state index contributed by atoms with van der Waals surface area (Å²) in [6.45, 7) is 5.83. The smallest absolute Gasteiger partial charge is 0.191 e. The van der Waals surface area contributed by atoms with Gasteiger partial charge >= 0.3 is 0 Å². The molecule has 2 N–H and O–H groups in total. The molecule has 0 saturated heterocycles. The summed E-state index contributed by atoms with van der Waals surface area (Å²) in [5.74, 6) is 0.755. The molecule has 0 fully saturated rings. The normalized spacial score (nSPS) is 11.2. The Labute approximate surface area is 125 Å². The van der Waals surface area contributed by atoms with E-state index in [2.05, 4.69) is 39.4 Å². The third kappa shape index (κ3) is 4.80. The zero-order valence-corrected chi connectivity index (χ0v) is 12.3. The molecule has 0 aliphatic carbocycles. The van der Waals surface area contributed by atoms with Crippen molar-refractivity contribution in [1.82, 2.24) is 20.4 Å². The van der Waals surface area contributed by atoms with Gasteiger partial charge in [-0.05, 0) is 5.56 Å². The lowest BCUT2D eigenvalue weighted by Gasteiger charge is -2.08. The Balaban J connectivity index is 1.87. The first-order valence-electron chi connectivity index (χ1n) is 6.92. The van der Waals surface area contributed by atoms with E-state index in [0.29, 0.717) is 13.1 Å².